The topological polar surface area (TPSA) is 61.9 Å². The summed E-state index contributed by atoms with van der Waals surface area (Å²) in [5, 5.41) is 3.36. The highest BCUT2D eigenvalue weighted by Crippen LogP contribution is 2.33. The summed E-state index contributed by atoms with van der Waals surface area (Å²) in [4.78, 5) is 28.6. The Bertz CT molecular complexity index is 619. The minimum Gasteiger partial charge on any atom is -0.479 e. The van der Waals surface area contributed by atoms with Gasteiger partial charge in [-0.3, -0.25) is 14.5 Å². The number of carbonyl (C=O) groups excluding carboxylic acids is 2. The van der Waals surface area contributed by atoms with Crippen molar-refractivity contribution in [2.75, 3.05) is 24.5 Å². The van der Waals surface area contributed by atoms with Gasteiger partial charge in [0.1, 0.15) is 12.3 Å². The minimum absolute atomic E-state index is 0.0249. The lowest BCUT2D eigenvalue weighted by atomic mass is 10.1. The number of piperazine rings is 1. The van der Waals surface area contributed by atoms with Crippen LogP contribution in [0, 0.1) is 0 Å². The highest BCUT2D eigenvalue weighted by molar-refractivity contribution is 6.03. The molecular formula is C17H23N3O3. The number of nitrogens with one attached hydrogen (secondary N) is 1. The molecule has 1 aromatic carbocycles. The van der Waals surface area contributed by atoms with Gasteiger partial charge >= 0.3 is 0 Å². The third-order valence-corrected chi connectivity index (χ3v) is 4.72. The molecule has 124 valence electrons. The van der Waals surface area contributed by atoms with Crippen LogP contribution >= 0.6 is 0 Å². The summed E-state index contributed by atoms with van der Waals surface area (Å²) < 4.78 is 5.61. The molecule has 1 fully saturated rings. The van der Waals surface area contributed by atoms with Crippen molar-refractivity contribution < 1.29 is 14.3 Å². The zero-order valence-electron chi connectivity index (χ0n) is 13.8. The summed E-state index contributed by atoms with van der Waals surface area (Å²) in [7, 11) is 0. The zero-order chi connectivity index (χ0) is 16.6. The number of ether oxygens (including phenoxy) is 1. The smallest absolute Gasteiger partial charge is 0.268 e. The van der Waals surface area contributed by atoms with Crippen LogP contribution in [0.1, 0.15) is 20.8 Å². The molecule has 0 aromatic heterocycles. The average Bonchev–Trinajstić information content (AvgIpc) is 2.54. The molecule has 2 aliphatic rings. The lowest BCUT2D eigenvalue weighted by molar-refractivity contribution is -0.135. The molecule has 23 heavy (non-hydrogen) atoms. The largest absolute Gasteiger partial charge is 0.479 e. The van der Waals surface area contributed by atoms with E-state index < -0.39 is 6.10 Å². The van der Waals surface area contributed by atoms with Crippen molar-refractivity contribution in [1.29, 1.82) is 0 Å². The fraction of sp³-hybridized carbons (Fsp3) is 0.529. The quantitative estimate of drug-likeness (QED) is 0.884. The highest BCUT2D eigenvalue weighted by atomic mass is 16.5. The van der Waals surface area contributed by atoms with Crippen LogP contribution in [0.3, 0.4) is 0 Å². The van der Waals surface area contributed by atoms with E-state index in [9.17, 15) is 9.59 Å². The van der Waals surface area contributed by atoms with E-state index in [0.29, 0.717) is 18.0 Å². The molecule has 0 aliphatic carbocycles. The third-order valence-electron chi connectivity index (χ3n) is 4.72. The fourth-order valence-corrected chi connectivity index (χ4v) is 3.16. The number of anilines is 1. The maximum absolute atomic E-state index is 12.7. The number of carbonyl (C=O) groups is 2. The van der Waals surface area contributed by atoms with E-state index in [1.54, 1.807) is 11.8 Å². The Labute approximate surface area is 136 Å². The predicted octanol–water partition coefficient (Wildman–Crippen LogP) is 1.01. The number of nitrogens with zero attached hydrogens (tertiary/aromatic N) is 2. The van der Waals surface area contributed by atoms with E-state index >= 15 is 0 Å². The zero-order valence-corrected chi connectivity index (χ0v) is 13.8. The Morgan fingerprint density at radius 1 is 1.30 bits per heavy atom. The first-order chi connectivity index (χ1) is 11.0. The Kier molecular flexibility index (Phi) is 4.26. The van der Waals surface area contributed by atoms with Gasteiger partial charge < -0.3 is 15.0 Å². The van der Waals surface area contributed by atoms with Crippen molar-refractivity contribution in [3.63, 3.8) is 0 Å². The van der Waals surface area contributed by atoms with Gasteiger partial charge in [-0.15, -0.1) is 0 Å². The minimum atomic E-state index is -0.572. The van der Waals surface area contributed by atoms with Crippen LogP contribution in [0.4, 0.5) is 5.69 Å². The van der Waals surface area contributed by atoms with E-state index in [0.717, 1.165) is 6.54 Å². The van der Waals surface area contributed by atoms with E-state index in [1.807, 2.05) is 36.1 Å². The van der Waals surface area contributed by atoms with E-state index in [4.69, 9.17) is 4.74 Å². The van der Waals surface area contributed by atoms with Crippen LogP contribution in [0.2, 0.25) is 0 Å². The summed E-state index contributed by atoms with van der Waals surface area (Å²) in [6.45, 7) is 7.32. The first-order valence-electron chi connectivity index (χ1n) is 8.09. The van der Waals surface area contributed by atoms with Gasteiger partial charge in [-0.05, 0) is 32.9 Å². The number of amides is 2. The lowest BCUT2D eigenvalue weighted by Crippen LogP contribution is -2.59. The van der Waals surface area contributed by atoms with Crippen molar-refractivity contribution >= 4 is 17.5 Å². The Hall–Kier alpha value is -2.08. The van der Waals surface area contributed by atoms with Crippen molar-refractivity contribution in [2.45, 2.75) is 39.0 Å². The molecule has 0 saturated carbocycles. The molecule has 3 atom stereocenters. The summed E-state index contributed by atoms with van der Waals surface area (Å²) in [6.07, 6.45) is -0.572. The Morgan fingerprint density at radius 2 is 2.04 bits per heavy atom. The Balaban J connectivity index is 1.81. The van der Waals surface area contributed by atoms with Gasteiger partial charge in [0, 0.05) is 25.2 Å². The number of hydrogen-bond donors (Lipinski definition) is 1. The second-order valence-corrected chi connectivity index (χ2v) is 6.22. The molecule has 0 bridgehead atoms. The van der Waals surface area contributed by atoms with Gasteiger partial charge in [-0.25, -0.2) is 0 Å². The molecule has 0 radical (unpaired) electrons. The van der Waals surface area contributed by atoms with Gasteiger partial charge in [0.2, 0.25) is 5.91 Å². The summed E-state index contributed by atoms with van der Waals surface area (Å²) in [5.41, 5.74) is 0.666. The van der Waals surface area contributed by atoms with E-state index in [-0.39, 0.29) is 30.4 Å². The molecule has 1 aromatic rings. The molecule has 6 nitrogen and oxygen atoms in total. The van der Waals surface area contributed by atoms with Crippen LogP contribution in [-0.4, -0.2) is 54.5 Å². The molecule has 1 N–H and O–H groups in total. The van der Waals surface area contributed by atoms with E-state index in [2.05, 4.69) is 12.2 Å². The van der Waals surface area contributed by atoms with Crippen LogP contribution in [0.5, 0.6) is 5.75 Å². The van der Waals surface area contributed by atoms with Crippen LogP contribution < -0.4 is 15.0 Å². The average molecular weight is 317 g/mol. The summed E-state index contributed by atoms with van der Waals surface area (Å²) >= 11 is 0. The van der Waals surface area contributed by atoms with Crippen molar-refractivity contribution in [3.05, 3.63) is 24.3 Å². The second-order valence-electron chi connectivity index (χ2n) is 6.22. The number of para-hydroxylation sites is 2. The number of hydrogen-bond acceptors (Lipinski definition) is 4. The second kappa shape index (κ2) is 6.20. The van der Waals surface area contributed by atoms with Crippen molar-refractivity contribution in [1.82, 2.24) is 10.2 Å². The van der Waals surface area contributed by atoms with Crippen LogP contribution in [-0.2, 0) is 9.59 Å². The molecular weight excluding hydrogens is 294 g/mol. The molecule has 3 unspecified atom stereocenters. The molecule has 2 amide bonds. The van der Waals surface area contributed by atoms with Crippen molar-refractivity contribution in [3.8, 4) is 5.75 Å². The van der Waals surface area contributed by atoms with Gasteiger partial charge in [0.25, 0.3) is 5.91 Å². The van der Waals surface area contributed by atoms with Gasteiger partial charge in [0.05, 0.1) is 5.69 Å². The summed E-state index contributed by atoms with van der Waals surface area (Å²) in [6, 6.07) is 7.71. The highest BCUT2D eigenvalue weighted by Gasteiger charge is 2.35. The number of rotatable bonds is 2. The first-order valence-corrected chi connectivity index (χ1v) is 8.09. The van der Waals surface area contributed by atoms with E-state index in [1.165, 1.54) is 0 Å². The lowest BCUT2D eigenvalue weighted by Gasteiger charge is -2.40. The monoisotopic (exact) mass is 317 g/mol. The Morgan fingerprint density at radius 3 is 2.83 bits per heavy atom. The first kappa shape index (κ1) is 15.8. The molecule has 2 aliphatic heterocycles. The maximum Gasteiger partial charge on any atom is 0.268 e. The standard InChI is InChI=1S/C17H23N3O3/c1-11-12(2)19(9-8-18-11)16(21)10-20-14-6-4-5-7-15(14)23-13(3)17(20)22/h4-7,11-13,18H,8-10H2,1-3H3. The molecule has 1 saturated heterocycles. The fourth-order valence-electron chi connectivity index (χ4n) is 3.16. The predicted molar refractivity (Wildman–Crippen MR) is 87.5 cm³/mol. The number of benzene rings is 1. The molecule has 3 rings (SSSR count). The van der Waals surface area contributed by atoms with Crippen LogP contribution in [0.15, 0.2) is 24.3 Å². The normalized spacial score (nSPS) is 27.4. The van der Waals surface area contributed by atoms with Gasteiger partial charge in [-0.1, -0.05) is 12.1 Å². The maximum atomic E-state index is 12.7. The van der Waals surface area contributed by atoms with Crippen molar-refractivity contribution in [2.24, 2.45) is 0 Å². The van der Waals surface area contributed by atoms with Crippen LogP contribution in [0.25, 0.3) is 0 Å². The number of fused-ring (bicyclic) bond motifs is 1. The third kappa shape index (κ3) is 2.91. The molecule has 2 heterocycles. The SMILES string of the molecule is CC1Oc2ccccc2N(CC(=O)N2CCNC(C)C2C)C1=O. The van der Waals surface area contributed by atoms with Gasteiger partial charge in [0.15, 0.2) is 6.10 Å². The molecule has 6 heteroatoms. The van der Waals surface area contributed by atoms with Gasteiger partial charge in [-0.2, -0.15) is 0 Å². The summed E-state index contributed by atoms with van der Waals surface area (Å²) in [5.74, 6) is 0.449. The molecule has 0 spiro atoms.